The molecule has 1 nitrogen and oxygen atoms in total. The van der Waals surface area contributed by atoms with Crippen LogP contribution in [0.25, 0.3) is 0 Å². The van der Waals surface area contributed by atoms with E-state index in [9.17, 15) is 4.39 Å². The van der Waals surface area contributed by atoms with Crippen LogP contribution >= 0.6 is 15.9 Å². The van der Waals surface area contributed by atoms with E-state index in [-0.39, 0.29) is 11.9 Å². The van der Waals surface area contributed by atoms with Gasteiger partial charge in [-0.15, -0.1) is 6.58 Å². The third kappa shape index (κ3) is 3.60. The largest absolute Gasteiger partial charge is 0.327 e. The summed E-state index contributed by atoms with van der Waals surface area (Å²) in [5.74, 6) is -0.236. The number of halogens is 2. The van der Waals surface area contributed by atoms with Gasteiger partial charge in [-0.25, -0.2) is 4.39 Å². The average molecular weight is 258 g/mol. The summed E-state index contributed by atoms with van der Waals surface area (Å²) in [5.41, 5.74) is 6.72. The zero-order valence-corrected chi connectivity index (χ0v) is 9.43. The smallest absolute Gasteiger partial charge is 0.124 e. The van der Waals surface area contributed by atoms with E-state index < -0.39 is 0 Å². The summed E-state index contributed by atoms with van der Waals surface area (Å²) >= 11 is 3.24. The number of benzene rings is 1. The second-order valence-electron chi connectivity index (χ2n) is 3.27. The van der Waals surface area contributed by atoms with Crippen molar-refractivity contribution in [2.45, 2.75) is 18.9 Å². The fourth-order valence-electron chi connectivity index (χ4n) is 1.33. The minimum absolute atomic E-state index is 0.0150. The molecule has 1 aromatic carbocycles. The highest BCUT2D eigenvalue weighted by molar-refractivity contribution is 9.10. The highest BCUT2D eigenvalue weighted by Crippen LogP contribution is 2.16. The van der Waals surface area contributed by atoms with E-state index in [1.807, 2.05) is 6.07 Å². The van der Waals surface area contributed by atoms with Gasteiger partial charge in [-0.05, 0) is 36.6 Å². The minimum atomic E-state index is -0.236. The molecule has 0 aromatic heterocycles. The molecule has 1 atom stereocenters. The maximum absolute atomic E-state index is 13.0. The van der Waals surface area contributed by atoms with Gasteiger partial charge in [-0.2, -0.15) is 0 Å². The first-order chi connectivity index (χ1) is 6.61. The molecule has 1 rings (SSSR count). The Balaban J connectivity index is 2.71. The second-order valence-corrected chi connectivity index (χ2v) is 4.18. The monoisotopic (exact) mass is 257 g/mol. The highest BCUT2D eigenvalue weighted by Gasteiger charge is 2.04. The molecule has 0 radical (unpaired) electrons. The first-order valence-corrected chi connectivity index (χ1v) is 5.22. The van der Waals surface area contributed by atoms with Crippen molar-refractivity contribution in [2.75, 3.05) is 0 Å². The van der Waals surface area contributed by atoms with Crippen LogP contribution in [0.2, 0.25) is 0 Å². The Labute approximate surface area is 91.9 Å². The van der Waals surface area contributed by atoms with Crippen LogP contribution in [-0.2, 0) is 6.42 Å². The Hall–Kier alpha value is -0.670. The molecule has 0 saturated carbocycles. The minimum Gasteiger partial charge on any atom is -0.327 e. The molecule has 1 aromatic rings. The lowest BCUT2D eigenvalue weighted by molar-refractivity contribution is 0.618. The summed E-state index contributed by atoms with van der Waals surface area (Å²) in [5, 5.41) is 0. The van der Waals surface area contributed by atoms with Gasteiger partial charge in [-0.3, -0.25) is 0 Å². The molecule has 0 amide bonds. The molecule has 0 saturated heterocycles. The lowest BCUT2D eigenvalue weighted by Crippen LogP contribution is -2.21. The van der Waals surface area contributed by atoms with Crippen LogP contribution in [-0.4, -0.2) is 6.04 Å². The second kappa shape index (κ2) is 5.27. The summed E-state index contributed by atoms with van der Waals surface area (Å²) < 4.78 is 13.7. The Bertz CT molecular complexity index is 305. The first-order valence-electron chi connectivity index (χ1n) is 4.43. The molecular weight excluding hydrogens is 245 g/mol. The summed E-state index contributed by atoms with van der Waals surface area (Å²) in [6.45, 7) is 3.61. The van der Waals surface area contributed by atoms with Crippen LogP contribution in [0.3, 0.4) is 0 Å². The maximum Gasteiger partial charge on any atom is 0.124 e. The topological polar surface area (TPSA) is 26.0 Å². The molecule has 0 spiro atoms. The molecule has 14 heavy (non-hydrogen) atoms. The predicted molar refractivity (Wildman–Crippen MR) is 60.6 cm³/mol. The fourth-order valence-corrected chi connectivity index (χ4v) is 1.84. The van der Waals surface area contributed by atoms with E-state index in [1.165, 1.54) is 12.1 Å². The molecule has 3 heteroatoms. The molecule has 76 valence electrons. The molecule has 1 unspecified atom stereocenters. The maximum atomic E-state index is 13.0. The summed E-state index contributed by atoms with van der Waals surface area (Å²) in [7, 11) is 0. The van der Waals surface area contributed by atoms with Crippen molar-refractivity contribution in [3.05, 3.63) is 46.7 Å². The molecule has 0 heterocycles. The highest BCUT2D eigenvalue weighted by atomic mass is 79.9. The first kappa shape index (κ1) is 11.4. The van der Waals surface area contributed by atoms with E-state index in [0.29, 0.717) is 6.42 Å². The Morgan fingerprint density at radius 3 is 2.79 bits per heavy atom. The van der Waals surface area contributed by atoms with Gasteiger partial charge in [-0.1, -0.05) is 22.0 Å². The van der Waals surface area contributed by atoms with Crippen molar-refractivity contribution >= 4 is 15.9 Å². The van der Waals surface area contributed by atoms with Crippen molar-refractivity contribution in [1.29, 1.82) is 0 Å². The van der Waals surface area contributed by atoms with Crippen molar-refractivity contribution in [3.63, 3.8) is 0 Å². The molecule has 0 aliphatic heterocycles. The molecule has 0 bridgehead atoms. The number of hydrogen-bond acceptors (Lipinski definition) is 1. The van der Waals surface area contributed by atoms with Crippen LogP contribution in [0.4, 0.5) is 4.39 Å². The van der Waals surface area contributed by atoms with E-state index in [0.717, 1.165) is 16.5 Å². The van der Waals surface area contributed by atoms with Crippen LogP contribution in [0, 0.1) is 5.82 Å². The molecule has 0 aliphatic carbocycles. The van der Waals surface area contributed by atoms with E-state index >= 15 is 0 Å². The van der Waals surface area contributed by atoms with Crippen molar-refractivity contribution in [1.82, 2.24) is 0 Å². The number of hydrogen-bond donors (Lipinski definition) is 1. The van der Waals surface area contributed by atoms with E-state index in [2.05, 4.69) is 22.5 Å². The lowest BCUT2D eigenvalue weighted by atomic mass is 10.0. The Kier molecular flexibility index (Phi) is 4.29. The molecule has 2 N–H and O–H groups in total. The predicted octanol–water partition coefficient (Wildman–Crippen LogP) is 3.03. The van der Waals surface area contributed by atoms with Gasteiger partial charge in [0.25, 0.3) is 0 Å². The van der Waals surface area contributed by atoms with Crippen molar-refractivity contribution in [3.8, 4) is 0 Å². The van der Waals surface area contributed by atoms with Gasteiger partial charge in [0.05, 0.1) is 0 Å². The van der Waals surface area contributed by atoms with Gasteiger partial charge in [0.15, 0.2) is 0 Å². The Morgan fingerprint density at radius 1 is 1.50 bits per heavy atom. The third-order valence-electron chi connectivity index (χ3n) is 1.89. The van der Waals surface area contributed by atoms with Crippen LogP contribution < -0.4 is 5.73 Å². The SMILES string of the molecule is C=CCC(N)Cc1cc(F)cc(Br)c1. The van der Waals surface area contributed by atoms with Crippen LogP contribution in [0.5, 0.6) is 0 Å². The summed E-state index contributed by atoms with van der Waals surface area (Å²) in [4.78, 5) is 0. The average Bonchev–Trinajstić information content (AvgIpc) is 2.01. The van der Waals surface area contributed by atoms with Gasteiger partial charge in [0, 0.05) is 10.5 Å². The van der Waals surface area contributed by atoms with Crippen LogP contribution in [0.1, 0.15) is 12.0 Å². The van der Waals surface area contributed by atoms with Crippen LogP contribution in [0.15, 0.2) is 35.3 Å². The zero-order valence-electron chi connectivity index (χ0n) is 7.84. The molecule has 0 fully saturated rings. The number of nitrogens with two attached hydrogens (primary N) is 1. The molecular formula is C11H13BrFN. The van der Waals surface area contributed by atoms with E-state index in [4.69, 9.17) is 5.73 Å². The standard InChI is InChI=1S/C11H13BrFN/c1-2-3-11(14)6-8-4-9(12)7-10(13)5-8/h2,4-5,7,11H,1,3,6,14H2. The van der Waals surface area contributed by atoms with E-state index in [1.54, 1.807) is 6.08 Å². The fraction of sp³-hybridized carbons (Fsp3) is 0.273. The lowest BCUT2D eigenvalue weighted by Gasteiger charge is -2.09. The third-order valence-corrected chi connectivity index (χ3v) is 2.35. The van der Waals surface area contributed by atoms with Gasteiger partial charge in [0.2, 0.25) is 0 Å². The quantitative estimate of drug-likeness (QED) is 0.825. The van der Waals surface area contributed by atoms with Crippen molar-refractivity contribution < 1.29 is 4.39 Å². The Morgan fingerprint density at radius 2 is 2.21 bits per heavy atom. The van der Waals surface area contributed by atoms with Crippen molar-refractivity contribution in [2.24, 2.45) is 5.73 Å². The van der Waals surface area contributed by atoms with Gasteiger partial charge >= 0.3 is 0 Å². The number of rotatable bonds is 4. The summed E-state index contributed by atoms with van der Waals surface area (Å²) in [6.07, 6.45) is 3.19. The zero-order chi connectivity index (χ0) is 10.6. The van der Waals surface area contributed by atoms with Gasteiger partial charge in [0.1, 0.15) is 5.82 Å². The normalized spacial score (nSPS) is 12.5. The molecule has 0 aliphatic rings. The summed E-state index contributed by atoms with van der Waals surface area (Å²) in [6, 6.07) is 4.84. The van der Waals surface area contributed by atoms with Gasteiger partial charge < -0.3 is 5.73 Å².